The van der Waals surface area contributed by atoms with E-state index in [0.29, 0.717) is 21.0 Å². The van der Waals surface area contributed by atoms with Crippen molar-refractivity contribution in [3.63, 3.8) is 0 Å². The summed E-state index contributed by atoms with van der Waals surface area (Å²) in [5.74, 6) is 0.111. The summed E-state index contributed by atoms with van der Waals surface area (Å²) in [6, 6.07) is 21.5. The van der Waals surface area contributed by atoms with E-state index in [1.165, 1.54) is 30.5 Å². The molecular formula is C26H20ClN3O5S2. The lowest BCUT2D eigenvalue weighted by Crippen LogP contribution is -2.24. The molecule has 5 rings (SSSR count). The van der Waals surface area contributed by atoms with Crippen LogP contribution in [0.2, 0.25) is 5.02 Å². The maximum absolute atomic E-state index is 13.2. The second kappa shape index (κ2) is 10.3. The minimum atomic E-state index is -4.06. The third kappa shape index (κ3) is 5.31. The molecule has 11 heteroatoms. The molecule has 2 N–H and O–H groups in total. The molecule has 2 heterocycles. The highest BCUT2D eigenvalue weighted by Gasteiger charge is 2.20. The molecule has 0 radical (unpaired) electrons. The first kappa shape index (κ1) is 24.8. The average Bonchev–Trinajstić information content (AvgIpc) is 3.51. The van der Waals surface area contributed by atoms with Gasteiger partial charge in [0.15, 0.2) is 0 Å². The van der Waals surface area contributed by atoms with Gasteiger partial charge in [0, 0.05) is 5.02 Å². The van der Waals surface area contributed by atoms with Gasteiger partial charge in [0.25, 0.3) is 15.9 Å². The number of amides is 1. The van der Waals surface area contributed by atoms with Crippen molar-refractivity contribution in [2.75, 3.05) is 4.72 Å². The zero-order valence-corrected chi connectivity index (χ0v) is 21.6. The maximum atomic E-state index is 13.2. The van der Waals surface area contributed by atoms with Crippen molar-refractivity contribution in [2.45, 2.75) is 18.0 Å². The fourth-order valence-corrected chi connectivity index (χ4v) is 6.12. The van der Waals surface area contributed by atoms with Gasteiger partial charge >= 0.3 is 4.87 Å². The molecule has 5 aromatic rings. The van der Waals surface area contributed by atoms with Crippen molar-refractivity contribution in [3.8, 4) is 0 Å². The largest absolute Gasteiger partial charge is 0.467 e. The van der Waals surface area contributed by atoms with Gasteiger partial charge in [-0.15, -0.1) is 0 Å². The van der Waals surface area contributed by atoms with E-state index in [1.54, 1.807) is 41.0 Å². The molecule has 2 aromatic heterocycles. The molecular weight excluding hydrogens is 534 g/mol. The van der Waals surface area contributed by atoms with Crippen LogP contribution in [0, 0.1) is 0 Å². The summed E-state index contributed by atoms with van der Waals surface area (Å²) in [6.07, 6.45) is 1.50. The number of rotatable bonds is 8. The highest BCUT2D eigenvalue weighted by atomic mass is 35.5. The van der Waals surface area contributed by atoms with Crippen molar-refractivity contribution in [2.24, 2.45) is 0 Å². The lowest BCUT2D eigenvalue weighted by molar-refractivity contribution is 0.0949. The number of aromatic nitrogens is 1. The number of nitrogens with zero attached hydrogens (tertiary/aromatic N) is 1. The number of benzene rings is 3. The van der Waals surface area contributed by atoms with Crippen molar-refractivity contribution >= 4 is 54.8 Å². The highest BCUT2D eigenvalue weighted by molar-refractivity contribution is 7.92. The van der Waals surface area contributed by atoms with Crippen LogP contribution in [0.15, 0.2) is 99.2 Å². The minimum absolute atomic E-state index is 0.0306. The molecule has 0 saturated carbocycles. The van der Waals surface area contributed by atoms with Crippen LogP contribution >= 0.6 is 22.9 Å². The van der Waals surface area contributed by atoms with Crippen molar-refractivity contribution in [3.05, 3.63) is 117 Å². The summed E-state index contributed by atoms with van der Waals surface area (Å²) in [4.78, 5) is 25.2. The minimum Gasteiger partial charge on any atom is -0.467 e. The van der Waals surface area contributed by atoms with Crippen LogP contribution in [0.1, 0.15) is 21.7 Å². The molecule has 0 aliphatic rings. The van der Waals surface area contributed by atoms with Crippen LogP contribution in [0.3, 0.4) is 0 Å². The molecule has 0 spiro atoms. The average molecular weight is 554 g/mol. The first-order chi connectivity index (χ1) is 17.8. The Bertz CT molecular complexity index is 1760. The fourth-order valence-electron chi connectivity index (χ4n) is 3.81. The number of hydrogen-bond acceptors (Lipinski definition) is 6. The topological polar surface area (TPSA) is 110 Å². The van der Waals surface area contributed by atoms with E-state index in [1.807, 2.05) is 18.2 Å². The number of furan rings is 1. The second-order valence-electron chi connectivity index (χ2n) is 8.09. The number of carbonyl (C=O) groups excluding carboxylic acids is 1. The van der Waals surface area contributed by atoms with Crippen LogP contribution in [0.5, 0.6) is 0 Å². The molecule has 8 nitrogen and oxygen atoms in total. The number of anilines is 1. The van der Waals surface area contributed by atoms with Gasteiger partial charge in [0.1, 0.15) is 5.76 Å². The van der Waals surface area contributed by atoms with Gasteiger partial charge < -0.3 is 9.73 Å². The standard InChI is InChI=1S/C26H20ClN3O5S2/c27-21-9-3-1-6-17(21)16-30-23-12-11-19(14-24(23)36-26(30)32)37(33,34)29-22-10-4-2-8-20(22)25(31)28-15-18-7-5-13-35-18/h1-14,29H,15-16H2,(H,28,31). The molecule has 0 aliphatic carbocycles. The lowest BCUT2D eigenvalue weighted by Gasteiger charge is -2.13. The molecule has 0 fully saturated rings. The number of para-hydroxylation sites is 1. The van der Waals surface area contributed by atoms with E-state index >= 15 is 0 Å². The molecule has 1 amide bonds. The van der Waals surface area contributed by atoms with Crippen LogP contribution in [0.25, 0.3) is 10.2 Å². The Morgan fingerprint density at radius 3 is 2.57 bits per heavy atom. The summed E-state index contributed by atoms with van der Waals surface area (Å²) in [5, 5.41) is 3.26. The Morgan fingerprint density at radius 2 is 1.78 bits per heavy atom. The quantitative estimate of drug-likeness (QED) is 0.278. The number of nitrogens with one attached hydrogen (secondary N) is 2. The van der Waals surface area contributed by atoms with E-state index in [-0.39, 0.29) is 34.1 Å². The number of halogens is 1. The predicted molar refractivity (Wildman–Crippen MR) is 144 cm³/mol. The van der Waals surface area contributed by atoms with E-state index < -0.39 is 15.9 Å². The van der Waals surface area contributed by atoms with Gasteiger partial charge in [-0.05, 0) is 54.1 Å². The van der Waals surface area contributed by atoms with Gasteiger partial charge in [-0.2, -0.15) is 0 Å². The normalized spacial score (nSPS) is 11.5. The predicted octanol–water partition coefficient (Wildman–Crippen LogP) is 5.09. The number of fused-ring (bicyclic) bond motifs is 1. The summed E-state index contributed by atoms with van der Waals surface area (Å²) in [7, 11) is -4.06. The van der Waals surface area contributed by atoms with E-state index in [4.69, 9.17) is 16.0 Å². The van der Waals surface area contributed by atoms with Crippen LogP contribution in [-0.2, 0) is 23.1 Å². The molecule has 0 bridgehead atoms. The van der Waals surface area contributed by atoms with Crippen molar-refractivity contribution in [1.82, 2.24) is 9.88 Å². The monoisotopic (exact) mass is 553 g/mol. The third-order valence-electron chi connectivity index (χ3n) is 5.66. The molecule has 0 atom stereocenters. The van der Waals surface area contributed by atoms with E-state index in [9.17, 15) is 18.0 Å². The van der Waals surface area contributed by atoms with Gasteiger partial charge in [-0.3, -0.25) is 18.9 Å². The summed E-state index contributed by atoms with van der Waals surface area (Å²) < 4.78 is 36.3. The zero-order valence-electron chi connectivity index (χ0n) is 19.2. The molecule has 0 saturated heterocycles. The molecule has 0 unspecified atom stereocenters. The van der Waals surface area contributed by atoms with Crippen LogP contribution in [-0.4, -0.2) is 18.9 Å². The first-order valence-corrected chi connectivity index (χ1v) is 13.8. The smallest absolute Gasteiger partial charge is 0.308 e. The summed E-state index contributed by atoms with van der Waals surface area (Å²) >= 11 is 7.21. The lowest BCUT2D eigenvalue weighted by atomic mass is 10.1. The second-order valence-corrected chi connectivity index (χ2v) is 11.2. The molecule has 37 heavy (non-hydrogen) atoms. The fraction of sp³-hybridized carbons (Fsp3) is 0.0769. The van der Waals surface area contributed by atoms with Gasteiger partial charge in [0.2, 0.25) is 0 Å². The van der Waals surface area contributed by atoms with E-state index in [2.05, 4.69) is 10.0 Å². The number of thiazole rings is 1. The van der Waals surface area contributed by atoms with Crippen molar-refractivity contribution < 1.29 is 17.6 Å². The Morgan fingerprint density at radius 1 is 1.00 bits per heavy atom. The highest BCUT2D eigenvalue weighted by Crippen LogP contribution is 2.26. The molecule has 188 valence electrons. The Kier molecular flexibility index (Phi) is 6.88. The molecule has 3 aromatic carbocycles. The van der Waals surface area contributed by atoms with Crippen LogP contribution in [0.4, 0.5) is 5.69 Å². The van der Waals surface area contributed by atoms with Crippen LogP contribution < -0.4 is 14.9 Å². The Hall–Kier alpha value is -3.86. The number of carbonyl (C=O) groups is 1. The van der Waals surface area contributed by atoms with Gasteiger partial charge in [-0.25, -0.2) is 8.42 Å². The summed E-state index contributed by atoms with van der Waals surface area (Å²) in [6.45, 7) is 0.428. The SMILES string of the molecule is O=C(NCc1ccco1)c1ccccc1NS(=O)(=O)c1ccc2c(c1)sc(=O)n2Cc1ccccc1Cl. The summed E-state index contributed by atoms with van der Waals surface area (Å²) in [5.41, 5.74) is 1.68. The van der Waals surface area contributed by atoms with Gasteiger partial charge in [-0.1, -0.05) is 53.3 Å². The number of hydrogen-bond donors (Lipinski definition) is 2. The maximum Gasteiger partial charge on any atom is 0.308 e. The number of sulfonamides is 1. The van der Waals surface area contributed by atoms with Crippen molar-refractivity contribution in [1.29, 1.82) is 0 Å². The Balaban J connectivity index is 1.40. The first-order valence-electron chi connectivity index (χ1n) is 11.1. The third-order valence-corrected chi connectivity index (χ3v) is 8.33. The molecule has 0 aliphatic heterocycles. The Labute approximate surface area is 221 Å². The van der Waals surface area contributed by atoms with Gasteiger partial charge in [0.05, 0.1) is 45.7 Å². The van der Waals surface area contributed by atoms with E-state index in [0.717, 1.165) is 16.9 Å². The zero-order chi connectivity index (χ0) is 26.0.